The highest BCUT2D eigenvalue weighted by Crippen LogP contribution is 2.13. The van der Waals surface area contributed by atoms with Crippen LogP contribution in [0.25, 0.3) is 0 Å². The number of anilines is 2. The molecule has 0 saturated carbocycles. The summed E-state index contributed by atoms with van der Waals surface area (Å²) in [6.45, 7) is 5.47. The molecule has 1 rings (SSSR count). The molecular formula is C10H14Cl3N5O. The van der Waals surface area contributed by atoms with Gasteiger partial charge in [-0.1, -0.05) is 23.2 Å². The van der Waals surface area contributed by atoms with Crippen molar-refractivity contribution in [3.63, 3.8) is 0 Å². The van der Waals surface area contributed by atoms with Crippen molar-refractivity contribution in [1.29, 1.82) is 0 Å². The molecule has 0 saturated heterocycles. The van der Waals surface area contributed by atoms with Crippen LogP contribution >= 0.6 is 34.8 Å². The maximum atomic E-state index is 11.5. The van der Waals surface area contributed by atoms with Gasteiger partial charge in [-0.15, -0.1) is 0 Å². The standard InChI is InChI=1S/C10H14Cl3N5O/c1-4(2)14-9-16-8(13)17-10(18-9)15-5(3)6(19)7(11)12/h4-5,7H,1-3H3,(H2,14,15,16,17,18). The number of halogens is 3. The summed E-state index contributed by atoms with van der Waals surface area (Å²) in [5.41, 5.74) is 0. The fourth-order valence-corrected chi connectivity index (χ4v) is 1.73. The van der Waals surface area contributed by atoms with Crippen LogP contribution in [-0.4, -0.2) is 37.7 Å². The van der Waals surface area contributed by atoms with E-state index in [9.17, 15) is 4.79 Å². The first-order valence-electron chi connectivity index (χ1n) is 5.56. The van der Waals surface area contributed by atoms with E-state index in [2.05, 4.69) is 25.6 Å². The molecule has 0 fully saturated rings. The predicted molar refractivity (Wildman–Crippen MR) is 77.2 cm³/mol. The number of hydrogen-bond donors (Lipinski definition) is 2. The highest BCUT2D eigenvalue weighted by Gasteiger charge is 2.20. The van der Waals surface area contributed by atoms with Gasteiger partial charge in [0.1, 0.15) is 0 Å². The number of aromatic nitrogens is 3. The summed E-state index contributed by atoms with van der Waals surface area (Å²) in [6, 6.07) is -0.495. The maximum absolute atomic E-state index is 11.5. The summed E-state index contributed by atoms with van der Waals surface area (Å²) in [6.07, 6.45) is 0. The Morgan fingerprint density at radius 2 is 1.58 bits per heavy atom. The number of carbonyl (C=O) groups is 1. The van der Waals surface area contributed by atoms with Crippen LogP contribution < -0.4 is 10.6 Å². The Balaban J connectivity index is 2.83. The molecule has 0 aliphatic carbocycles. The van der Waals surface area contributed by atoms with Crippen LogP contribution in [0, 0.1) is 0 Å². The minimum atomic E-state index is -1.10. The number of Topliss-reactive ketones (excluding diaryl/α,β-unsaturated/α-hetero) is 1. The third-order valence-electron chi connectivity index (χ3n) is 2.01. The molecular weight excluding hydrogens is 313 g/mol. The fourth-order valence-electron chi connectivity index (χ4n) is 1.19. The zero-order chi connectivity index (χ0) is 14.6. The van der Waals surface area contributed by atoms with Crippen molar-refractivity contribution in [1.82, 2.24) is 15.0 Å². The van der Waals surface area contributed by atoms with Gasteiger partial charge in [0.2, 0.25) is 17.2 Å². The van der Waals surface area contributed by atoms with Gasteiger partial charge in [0.25, 0.3) is 0 Å². The summed E-state index contributed by atoms with van der Waals surface area (Å²) in [4.78, 5) is 22.3. The molecule has 6 nitrogen and oxygen atoms in total. The van der Waals surface area contributed by atoms with Crippen LogP contribution in [0.15, 0.2) is 0 Å². The van der Waals surface area contributed by atoms with Crippen LogP contribution in [0.1, 0.15) is 20.8 Å². The van der Waals surface area contributed by atoms with E-state index >= 15 is 0 Å². The molecule has 1 aromatic rings. The van der Waals surface area contributed by atoms with E-state index in [4.69, 9.17) is 34.8 Å². The molecule has 1 heterocycles. The van der Waals surface area contributed by atoms with Crippen LogP contribution in [0.5, 0.6) is 0 Å². The molecule has 0 aromatic carbocycles. The van der Waals surface area contributed by atoms with E-state index in [1.807, 2.05) is 13.8 Å². The van der Waals surface area contributed by atoms with E-state index in [0.29, 0.717) is 5.95 Å². The van der Waals surface area contributed by atoms with Gasteiger partial charge >= 0.3 is 0 Å². The number of ketones is 1. The Kier molecular flexibility index (Phi) is 6.03. The lowest BCUT2D eigenvalue weighted by molar-refractivity contribution is -0.117. The number of carbonyl (C=O) groups excluding carboxylic acids is 1. The Labute approximate surface area is 126 Å². The van der Waals surface area contributed by atoms with Crippen molar-refractivity contribution in [2.45, 2.75) is 37.7 Å². The minimum absolute atomic E-state index is 0.0218. The number of alkyl halides is 2. The molecule has 2 N–H and O–H groups in total. The fraction of sp³-hybridized carbons (Fsp3) is 0.600. The number of nitrogens with zero attached hydrogens (tertiary/aromatic N) is 3. The lowest BCUT2D eigenvalue weighted by Crippen LogP contribution is -2.31. The maximum Gasteiger partial charge on any atom is 0.229 e. The lowest BCUT2D eigenvalue weighted by atomic mass is 10.2. The van der Waals surface area contributed by atoms with Crippen molar-refractivity contribution in [2.24, 2.45) is 0 Å². The Morgan fingerprint density at radius 1 is 1.05 bits per heavy atom. The molecule has 0 amide bonds. The third-order valence-corrected chi connectivity index (χ3v) is 2.61. The van der Waals surface area contributed by atoms with Gasteiger partial charge in [-0.25, -0.2) is 0 Å². The number of hydrogen-bond acceptors (Lipinski definition) is 6. The third kappa shape index (κ3) is 5.34. The summed E-state index contributed by atoms with van der Waals surface area (Å²) < 4.78 is 0. The first-order chi connectivity index (χ1) is 8.79. The van der Waals surface area contributed by atoms with Gasteiger partial charge in [0.15, 0.2) is 10.6 Å². The molecule has 19 heavy (non-hydrogen) atoms. The van der Waals surface area contributed by atoms with Gasteiger partial charge in [-0.2, -0.15) is 15.0 Å². The highest BCUT2D eigenvalue weighted by molar-refractivity contribution is 6.54. The van der Waals surface area contributed by atoms with Crippen molar-refractivity contribution in [3.05, 3.63) is 5.28 Å². The molecule has 1 aromatic heterocycles. The van der Waals surface area contributed by atoms with Gasteiger partial charge in [0.05, 0.1) is 6.04 Å². The summed E-state index contributed by atoms with van der Waals surface area (Å²) in [5.74, 6) is 0.127. The summed E-state index contributed by atoms with van der Waals surface area (Å²) in [7, 11) is 0. The van der Waals surface area contributed by atoms with E-state index in [1.54, 1.807) is 6.92 Å². The first-order valence-corrected chi connectivity index (χ1v) is 6.81. The van der Waals surface area contributed by atoms with Gasteiger partial charge < -0.3 is 10.6 Å². The van der Waals surface area contributed by atoms with Crippen molar-refractivity contribution in [3.8, 4) is 0 Å². The van der Waals surface area contributed by atoms with Gasteiger partial charge in [-0.3, -0.25) is 4.79 Å². The van der Waals surface area contributed by atoms with E-state index in [-0.39, 0.29) is 23.1 Å². The normalized spacial score (nSPS) is 12.6. The molecule has 1 unspecified atom stereocenters. The van der Waals surface area contributed by atoms with Crippen molar-refractivity contribution >= 4 is 52.5 Å². The molecule has 106 valence electrons. The second-order valence-corrected chi connectivity index (χ2v) is 5.55. The number of nitrogens with one attached hydrogen (secondary N) is 2. The molecule has 0 spiro atoms. The van der Waals surface area contributed by atoms with E-state index in [0.717, 1.165) is 0 Å². The van der Waals surface area contributed by atoms with Crippen LogP contribution in [0.2, 0.25) is 5.28 Å². The molecule has 1 atom stereocenters. The summed E-state index contributed by atoms with van der Waals surface area (Å²) in [5, 5.41) is 5.78. The zero-order valence-corrected chi connectivity index (χ0v) is 12.9. The average Bonchev–Trinajstić information content (AvgIpc) is 2.25. The second kappa shape index (κ2) is 7.07. The van der Waals surface area contributed by atoms with Crippen LogP contribution in [-0.2, 0) is 4.79 Å². The molecule has 0 bridgehead atoms. The van der Waals surface area contributed by atoms with Gasteiger partial charge in [0, 0.05) is 6.04 Å². The minimum Gasteiger partial charge on any atom is -0.352 e. The molecule has 9 heteroatoms. The quantitative estimate of drug-likeness (QED) is 0.782. The molecule has 0 aliphatic rings. The molecule has 0 aliphatic heterocycles. The first kappa shape index (κ1) is 16.2. The Morgan fingerprint density at radius 3 is 2.05 bits per heavy atom. The Hall–Kier alpha value is -0.850. The zero-order valence-electron chi connectivity index (χ0n) is 10.6. The smallest absolute Gasteiger partial charge is 0.229 e. The summed E-state index contributed by atoms with van der Waals surface area (Å²) >= 11 is 16.8. The van der Waals surface area contributed by atoms with E-state index in [1.165, 1.54) is 0 Å². The monoisotopic (exact) mass is 325 g/mol. The second-order valence-electron chi connectivity index (χ2n) is 4.12. The largest absolute Gasteiger partial charge is 0.352 e. The molecule has 0 radical (unpaired) electrons. The van der Waals surface area contributed by atoms with Crippen molar-refractivity contribution < 1.29 is 4.79 Å². The predicted octanol–water partition coefficient (Wildman–Crippen LogP) is 2.52. The highest BCUT2D eigenvalue weighted by atomic mass is 35.5. The Bertz CT molecular complexity index is 455. The van der Waals surface area contributed by atoms with Gasteiger partial charge in [-0.05, 0) is 32.4 Å². The SMILES string of the molecule is CC(C)Nc1nc(Cl)nc(NC(C)C(=O)C(Cl)Cl)n1. The van der Waals surface area contributed by atoms with Crippen molar-refractivity contribution in [2.75, 3.05) is 10.6 Å². The van der Waals surface area contributed by atoms with Crippen LogP contribution in [0.3, 0.4) is 0 Å². The lowest BCUT2D eigenvalue weighted by Gasteiger charge is -2.14. The van der Waals surface area contributed by atoms with Crippen LogP contribution in [0.4, 0.5) is 11.9 Å². The van der Waals surface area contributed by atoms with E-state index < -0.39 is 10.9 Å². The average molecular weight is 327 g/mol. The number of rotatable bonds is 6. The topological polar surface area (TPSA) is 79.8 Å².